The van der Waals surface area contributed by atoms with Gasteiger partial charge in [0.2, 0.25) is 0 Å². The summed E-state index contributed by atoms with van der Waals surface area (Å²) in [6.07, 6.45) is 7.22. The number of rotatable bonds is 9. The van der Waals surface area contributed by atoms with Gasteiger partial charge in [0.05, 0.1) is 0 Å². The molecule has 0 fully saturated rings. The van der Waals surface area contributed by atoms with Crippen molar-refractivity contribution in [1.82, 2.24) is 0 Å². The molecule has 0 amide bonds. The minimum atomic E-state index is -0.883. The molecule has 1 N–H and O–H groups in total. The fourth-order valence-corrected chi connectivity index (χ4v) is 1.14. The molecule has 0 aliphatic carbocycles. The second kappa shape index (κ2) is 13.1. The van der Waals surface area contributed by atoms with Crippen molar-refractivity contribution in [3.05, 3.63) is 0 Å². The first kappa shape index (κ1) is 16.6. The van der Waals surface area contributed by atoms with Crippen molar-refractivity contribution >= 4 is 5.97 Å². The van der Waals surface area contributed by atoms with E-state index in [1.165, 1.54) is 25.7 Å². The van der Waals surface area contributed by atoms with Crippen LogP contribution in [0.5, 0.6) is 0 Å². The molecular weight excluding hydrogens is 216 g/mol. The van der Waals surface area contributed by atoms with Gasteiger partial charge in [-0.25, -0.2) is 4.79 Å². The zero-order valence-corrected chi connectivity index (χ0v) is 10.5. The van der Waals surface area contributed by atoms with Crippen LogP contribution < -0.4 is 0 Å². The predicted molar refractivity (Wildman–Crippen MR) is 51.8 cm³/mol. The van der Waals surface area contributed by atoms with E-state index in [4.69, 9.17) is 9.84 Å². The summed E-state index contributed by atoms with van der Waals surface area (Å²) in [5.74, 6) is -0.883. The van der Waals surface area contributed by atoms with E-state index in [0.29, 0.717) is 6.61 Å². The second-order valence-electron chi connectivity index (χ2n) is 3.21. The fourth-order valence-electron chi connectivity index (χ4n) is 1.14. The third kappa shape index (κ3) is 14.7. The van der Waals surface area contributed by atoms with Crippen LogP contribution in [0.2, 0.25) is 0 Å². The molecule has 0 bridgehead atoms. The van der Waals surface area contributed by atoms with E-state index in [2.05, 4.69) is 6.92 Å². The van der Waals surface area contributed by atoms with Crippen molar-refractivity contribution in [3.8, 4) is 0 Å². The van der Waals surface area contributed by atoms with Crippen molar-refractivity contribution in [3.63, 3.8) is 0 Å². The van der Waals surface area contributed by atoms with Crippen molar-refractivity contribution < 1.29 is 36.4 Å². The number of ether oxygens (including phenoxy) is 1. The zero-order valence-electron chi connectivity index (χ0n) is 8.92. The molecule has 82 valence electrons. The van der Waals surface area contributed by atoms with E-state index >= 15 is 0 Å². The normalized spacial score (nSPS) is 9.50. The van der Waals surface area contributed by atoms with E-state index in [0.717, 1.165) is 12.8 Å². The number of unbranched alkanes of at least 4 members (excludes halogenated alkanes) is 5. The van der Waals surface area contributed by atoms with E-state index < -0.39 is 5.97 Å². The summed E-state index contributed by atoms with van der Waals surface area (Å²) in [5.41, 5.74) is 0. The summed E-state index contributed by atoms with van der Waals surface area (Å²) in [6, 6.07) is 0. The quantitative estimate of drug-likeness (QED) is 0.494. The molecule has 0 aromatic carbocycles. The molecule has 0 spiro atoms. The number of carbonyl (C=O) groups is 1. The van der Waals surface area contributed by atoms with Gasteiger partial charge in [-0.15, -0.1) is 0 Å². The first-order valence-electron chi connectivity index (χ1n) is 5.07. The molecule has 0 saturated carbocycles. The number of hydrogen-bond donors (Lipinski definition) is 1. The van der Waals surface area contributed by atoms with Crippen molar-refractivity contribution in [2.75, 3.05) is 13.2 Å². The van der Waals surface area contributed by atoms with Crippen LogP contribution in [0.3, 0.4) is 0 Å². The van der Waals surface area contributed by atoms with Gasteiger partial charge in [0.25, 0.3) is 0 Å². The van der Waals surface area contributed by atoms with Crippen molar-refractivity contribution in [1.29, 1.82) is 0 Å². The first-order chi connectivity index (χ1) is 6.27. The summed E-state index contributed by atoms with van der Waals surface area (Å²) < 4.78 is 4.90. The van der Waals surface area contributed by atoms with E-state index in [1.807, 2.05) is 0 Å². The Morgan fingerprint density at radius 3 is 2.29 bits per heavy atom. The second-order valence-corrected chi connectivity index (χ2v) is 3.21. The van der Waals surface area contributed by atoms with Crippen molar-refractivity contribution in [2.24, 2.45) is 0 Å². The molecule has 0 atom stereocenters. The monoisotopic (exact) mass is 236 g/mol. The molecule has 3 nitrogen and oxygen atoms in total. The Kier molecular flexibility index (Phi) is 15.6. The van der Waals surface area contributed by atoms with Crippen LogP contribution in [-0.4, -0.2) is 24.3 Å². The van der Waals surface area contributed by atoms with Gasteiger partial charge >= 0.3 is 5.97 Å². The van der Waals surface area contributed by atoms with Gasteiger partial charge < -0.3 is 9.84 Å². The molecule has 4 heteroatoms. The smallest absolute Gasteiger partial charge is 0.329 e. The Hall–Kier alpha value is 0.144. The van der Waals surface area contributed by atoms with Crippen molar-refractivity contribution in [2.45, 2.75) is 45.4 Å². The Morgan fingerprint density at radius 1 is 1.14 bits per heavy atom. The third-order valence-corrected chi connectivity index (χ3v) is 1.87. The van der Waals surface area contributed by atoms with E-state index in [-0.39, 0.29) is 28.3 Å². The van der Waals surface area contributed by atoms with Crippen LogP contribution >= 0.6 is 0 Å². The van der Waals surface area contributed by atoms with Crippen LogP contribution in [0.25, 0.3) is 0 Å². The molecule has 0 unspecified atom stereocenters. The molecule has 0 saturated heterocycles. The predicted octanol–water partition coefficient (Wildman–Crippen LogP) is 2.45. The molecule has 0 rings (SSSR count). The number of aliphatic carboxylic acids is 1. The summed E-state index contributed by atoms with van der Waals surface area (Å²) in [5, 5.41) is 8.26. The number of carboxylic acids is 1. The molecule has 0 radical (unpaired) electrons. The van der Waals surface area contributed by atoms with E-state index in [9.17, 15) is 4.79 Å². The van der Waals surface area contributed by atoms with Crippen LogP contribution in [0.1, 0.15) is 45.4 Å². The third-order valence-electron chi connectivity index (χ3n) is 1.87. The molecule has 0 aliphatic rings. The average Bonchev–Trinajstić information content (AvgIpc) is 2.09. The average molecular weight is 236 g/mol. The first-order valence-corrected chi connectivity index (χ1v) is 5.07. The summed E-state index contributed by atoms with van der Waals surface area (Å²) >= 11 is 0. The summed E-state index contributed by atoms with van der Waals surface area (Å²) in [6.45, 7) is 2.61. The molecule has 0 aromatic rings. The molecule has 0 heterocycles. The Labute approximate surface area is 101 Å². The maximum atomic E-state index is 10.0. The number of carboxylic acid groups (broad SMARTS) is 1. The van der Waals surface area contributed by atoms with Crippen LogP contribution in [0, 0.1) is 0 Å². The van der Waals surface area contributed by atoms with Gasteiger partial charge in [-0.05, 0) is 6.42 Å². The molecule has 0 aromatic heterocycles. The van der Waals surface area contributed by atoms with E-state index in [1.54, 1.807) is 0 Å². The molecule has 0 aliphatic heterocycles. The fraction of sp³-hybridized carbons (Fsp3) is 0.900. The summed E-state index contributed by atoms with van der Waals surface area (Å²) in [4.78, 5) is 10.0. The van der Waals surface area contributed by atoms with Crippen LogP contribution in [-0.2, 0) is 31.2 Å². The minimum Gasteiger partial charge on any atom is -0.480 e. The van der Waals surface area contributed by atoms with Crippen LogP contribution in [0.4, 0.5) is 0 Å². The van der Waals surface area contributed by atoms with Gasteiger partial charge in [-0.2, -0.15) is 0 Å². The standard InChI is InChI=1S/C10H20O3.Ti/c1-2-3-4-5-6-7-8-13-9-10(11)12;/h2-9H2,1H3,(H,11,12);. The number of hydrogen-bond acceptors (Lipinski definition) is 2. The zero-order chi connectivity index (χ0) is 9.94. The molecular formula is C10H20O3Ti. The Balaban J connectivity index is 0. The SMILES string of the molecule is CCCCCCCCOCC(=O)O.[Ti]. The Bertz CT molecular complexity index is 129. The van der Waals surface area contributed by atoms with Gasteiger partial charge in [0.1, 0.15) is 6.61 Å². The Morgan fingerprint density at radius 2 is 1.71 bits per heavy atom. The van der Waals surface area contributed by atoms with Gasteiger partial charge in [-0.3, -0.25) is 0 Å². The largest absolute Gasteiger partial charge is 0.480 e. The molecule has 14 heavy (non-hydrogen) atoms. The minimum absolute atomic E-state index is 0. The topological polar surface area (TPSA) is 46.5 Å². The van der Waals surface area contributed by atoms with Gasteiger partial charge in [0.15, 0.2) is 0 Å². The maximum Gasteiger partial charge on any atom is 0.329 e. The van der Waals surface area contributed by atoms with Gasteiger partial charge in [-0.1, -0.05) is 39.0 Å². The van der Waals surface area contributed by atoms with Gasteiger partial charge in [0, 0.05) is 28.3 Å². The van der Waals surface area contributed by atoms with Crippen LogP contribution in [0.15, 0.2) is 0 Å². The maximum absolute atomic E-state index is 10.0. The summed E-state index contributed by atoms with van der Waals surface area (Å²) in [7, 11) is 0.